The highest BCUT2D eigenvalue weighted by molar-refractivity contribution is 6.31. The van der Waals surface area contributed by atoms with Crippen LogP contribution in [0.2, 0.25) is 5.02 Å². The summed E-state index contributed by atoms with van der Waals surface area (Å²) >= 11 is 6.46. The number of nitrogens with zero attached hydrogens (tertiary/aromatic N) is 6. The van der Waals surface area contributed by atoms with Crippen LogP contribution in [0.3, 0.4) is 0 Å². The summed E-state index contributed by atoms with van der Waals surface area (Å²) in [5.41, 5.74) is 3.93. The number of aromatic nitrogens is 4. The molecule has 2 amide bonds. The summed E-state index contributed by atoms with van der Waals surface area (Å²) in [5, 5.41) is 7.03. The van der Waals surface area contributed by atoms with Crippen molar-refractivity contribution in [3.63, 3.8) is 0 Å². The minimum absolute atomic E-state index is 0.126. The van der Waals surface area contributed by atoms with E-state index in [1.807, 2.05) is 64.1 Å². The average molecular weight is 585 g/mol. The molecule has 1 aliphatic heterocycles. The van der Waals surface area contributed by atoms with Crippen molar-refractivity contribution in [3.05, 3.63) is 107 Å². The van der Waals surface area contributed by atoms with Crippen molar-refractivity contribution in [1.29, 1.82) is 0 Å². The predicted octanol–water partition coefficient (Wildman–Crippen LogP) is 6.02. The molecule has 9 nitrogen and oxygen atoms in total. The van der Waals surface area contributed by atoms with Gasteiger partial charge in [0.2, 0.25) is 5.95 Å². The van der Waals surface area contributed by atoms with Gasteiger partial charge in [-0.05, 0) is 47.9 Å². The fourth-order valence-electron chi connectivity index (χ4n) is 4.96. The molecular weight excluding hydrogens is 555 g/mol. The first kappa shape index (κ1) is 27.5. The van der Waals surface area contributed by atoms with Crippen LogP contribution in [0.5, 0.6) is 0 Å². The molecule has 3 heterocycles. The summed E-state index contributed by atoms with van der Waals surface area (Å²) in [4.78, 5) is 31.4. The molecule has 0 unspecified atom stereocenters. The minimum atomic E-state index is -0.281. The molecule has 0 atom stereocenters. The first-order chi connectivity index (χ1) is 20.5. The number of benzene rings is 3. The average Bonchev–Trinajstić information content (AvgIpc) is 3.24. The number of hydrogen-bond acceptors (Lipinski definition) is 6. The van der Waals surface area contributed by atoms with Crippen LogP contribution in [0.25, 0.3) is 11.2 Å². The Hall–Kier alpha value is -4.70. The first-order valence-electron chi connectivity index (χ1n) is 13.8. The molecule has 0 radical (unpaired) electrons. The molecule has 0 saturated carbocycles. The van der Waals surface area contributed by atoms with E-state index in [0.29, 0.717) is 67.2 Å². The van der Waals surface area contributed by atoms with Crippen LogP contribution in [0, 0.1) is 5.82 Å². The monoisotopic (exact) mass is 584 g/mol. The quantitative estimate of drug-likeness (QED) is 0.243. The van der Waals surface area contributed by atoms with E-state index in [0.717, 1.165) is 23.2 Å². The van der Waals surface area contributed by atoms with Gasteiger partial charge in [-0.25, -0.2) is 14.2 Å². The third-order valence-electron chi connectivity index (χ3n) is 7.21. The van der Waals surface area contributed by atoms with Crippen molar-refractivity contribution in [3.8, 4) is 0 Å². The van der Waals surface area contributed by atoms with E-state index in [9.17, 15) is 9.18 Å². The Labute approximate surface area is 248 Å². The van der Waals surface area contributed by atoms with Crippen molar-refractivity contribution in [2.45, 2.75) is 19.5 Å². The van der Waals surface area contributed by atoms with Crippen molar-refractivity contribution in [1.82, 2.24) is 24.4 Å². The zero-order valence-corrected chi connectivity index (χ0v) is 23.6. The molecular formula is C31H30ClFN8O. The maximum atomic E-state index is 13.4. The smallest absolute Gasteiger partial charge is 0.321 e. The summed E-state index contributed by atoms with van der Waals surface area (Å²) in [6.07, 6.45) is 2.51. The van der Waals surface area contributed by atoms with Crippen molar-refractivity contribution in [2.75, 3.05) is 41.7 Å². The third kappa shape index (κ3) is 6.28. The van der Waals surface area contributed by atoms with Gasteiger partial charge in [-0.3, -0.25) is 0 Å². The number of fused-ring (bicyclic) bond motifs is 1. The predicted molar refractivity (Wildman–Crippen MR) is 163 cm³/mol. The molecule has 1 aliphatic rings. The second-order valence-electron chi connectivity index (χ2n) is 10.1. The van der Waals surface area contributed by atoms with Gasteiger partial charge in [0.05, 0.1) is 12.9 Å². The molecule has 6 rings (SSSR count). The van der Waals surface area contributed by atoms with Crippen molar-refractivity contribution >= 4 is 46.2 Å². The number of nitrogens with one attached hydrogen (secondary N) is 2. The number of hydrogen-bond donors (Lipinski definition) is 2. The summed E-state index contributed by atoms with van der Waals surface area (Å²) in [7, 11) is 0. The molecule has 2 N–H and O–H groups in total. The van der Waals surface area contributed by atoms with Crippen molar-refractivity contribution < 1.29 is 9.18 Å². The van der Waals surface area contributed by atoms with Gasteiger partial charge < -0.3 is 25.0 Å². The highest BCUT2D eigenvalue weighted by atomic mass is 35.5. The fraction of sp³-hybridized carbons (Fsp3) is 0.226. The number of halogens is 2. The Balaban J connectivity index is 1.27. The van der Waals surface area contributed by atoms with E-state index < -0.39 is 0 Å². The number of para-hydroxylation sites is 1. The van der Waals surface area contributed by atoms with Gasteiger partial charge in [0, 0.05) is 43.4 Å². The fourth-order valence-corrected chi connectivity index (χ4v) is 5.15. The lowest BCUT2D eigenvalue weighted by molar-refractivity contribution is 0.215. The van der Waals surface area contributed by atoms with E-state index in [-0.39, 0.29) is 11.8 Å². The molecule has 214 valence electrons. The number of carbonyl (C=O) groups is 1. The summed E-state index contributed by atoms with van der Waals surface area (Å²) in [6.45, 7) is 3.35. The zero-order valence-electron chi connectivity index (χ0n) is 22.9. The SMILES string of the molecule is O=C(Nc1ccccc1)N1CCCN(c2nc(NCc3ccc(F)cc3)c3ncn(Cc4ccccc4Cl)c3n2)CC1. The van der Waals surface area contributed by atoms with Gasteiger partial charge in [-0.1, -0.05) is 60.1 Å². The molecule has 42 heavy (non-hydrogen) atoms. The number of carbonyl (C=O) groups excluding carboxylic acids is 1. The topological polar surface area (TPSA) is 91.2 Å². The van der Waals surface area contributed by atoms with E-state index in [4.69, 9.17) is 21.6 Å². The highest BCUT2D eigenvalue weighted by Gasteiger charge is 2.23. The standard InChI is InChI=1S/C31H30ClFN8O/c32-26-10-5-4-7-23(26)20-41-21-35-27-28(34-19-22-11-13-24(33)14-12-22)37-30(38-29(27)41)39-15-6-16-40(18-17-39)31(42)36-25-8-2-1-3-9-25/h1-5,7-14,21H,6,15-20H2,(H,36,42)(H,34,37,38). The molecule has 0 aliphatic carbocycles. The third-order valence-corrected chi connectivity index (χ3v) is 7.58. The van der Waals surface area contributed by atoms with E-state index in [1.165, 1.54) is 12.1 Å². The Kier molecular flexibility index (Phi) is 8.14. The second kappa shape index (κ2) is 12.4. The molecule has 11 heteroatoms. The molecule has 2 aromatic heterocycles. The van der Waals surface area contributed by atoms with Crippen LogP contribution < -0.4 is 15.5 Å². The van der Waals surface area contributed by atoms with Crippen LogP contribution in [-0.2, 0) is 13.1 Å². The first-order valence-corrected chi connectivity index (χ1v) is 14.2. The lowest BCUT2D eigenvalue weighted by Gasteiger charge is -2.23. The van der Waals surface area contributed by atoms with E-state index >= 15 is 0 Å². The summed E-state index contributed by atoms with van der Waals surface area (Å²) < 4.78 is 15.4. The normalized spacial score (nSPS) is 13.7. The minimum Gasteiger partial charge on any atom is -0.364 e. The number of amides is 2. The molecule has 3 aromatic carbocycles. The van der Waals surface area contributed by atoms with Crippen LogP contribution in [-0.4, -0.2) is 56.6 Å². The number of imidazole rings is 1. The van der Waals surface area contributed by atoms with Gasteiger partial charge in [-0.15, -0.1) is 0 Å². The molecule has 1 saturated heterocycles. The van der Waals surface area contributed by atoms with Gasteiger partial charge in [0.15, 0.2) is 17.0 Å². The van der Waals surface area contributed by atoms with Gasteiger partial charge in [0.25, 0.3) is 0 Å². The van der Waals surface area contributed by atoms with Crippen LogP contribution >= 0.6 is 11.6 Å². The van der Waals surface area contributed by atoms with Crippen LogP contribution in [0.1, 0.15) is 17.5 Å². The molecule has 0 bridgehead atoms. The Morgan fingerprint density at radius 1 is 0.905 bits per heavy atom. The lowest BCUT2D eigenvalue weighted by atomic mass is 10.2. The van der Waals surface area contributed by atoms with E-state index in [2.05, 4.69) is 20.5 Å². The number of anilines is 3. The number of rotatable bonds is 7. The maximum Gasteiger partial charge on any atom is 0.321 e. The molecule has 0 spiro atoms. The maximum absolute atomic E-state index is 13.4. The Bertz CT molecular complexity index is 1680. The van der Waals surface area contributed by atoms with Crippen molar-refractivity contribution in [2.24, 2.45) is 0 Å². The molecule has 1 fully saturated rings. The summed E-state index contributed by atoms with van der Waals surface area (Å²) in [6, 6.07) is 23.4. The second-order valence-corrected chi connectivity index (χ2v) is 10.5. The highest BCUT2D eigenvalue weighted by Crippen LogP contribution is 2.26. The Morgan fingerprint density at radius 2 is 1.69 bits per heavy atom. The summed E-state index contributed by atoms with van der Waals surface area (Å²) in [5.74, 6) is 0.854. The Morgan fingerprint density at radius 3 is 2.50 bits per heavy atom. The largest absolute Gasteiger partial charge is 0.364 e. The van der Waals surface area contributed by atoms with E-state index in [1.54, 1.807) is 18.5 Å². The molecule has 5 aromatic rings. The van der Waals surface area contributed by atoms with Gasteiger partial charge in [0.1, 0.15) is 5.82 Å². The zero-order chi connectivity index (χ0) is 28.9. The van der Waals surface area contributed by atoms with Gasteiger partial charge in [-0.2, -0.15) is 9.97 Å². The van der Waals surface area contributed by atoms with Crippen LogP contribution in [0.15, 0.2) is 85.2 Å². The van der Waals surface area contributed by atoms with Crippen LogP contribution in [0.4, 0.5) is 26.6 Å². The number of urea groups is 1. The lowest BCUT2D eigenvalue weighted by Crippen LogP contribution is -2.38. The van der Waals surface area contributed by atoms with Gasteiger partial charge >= 0.3 is 6.03 Å².